The highest BCUT2D eigenvalue weighted by molar-refractivity contribution is 7.89. The first-order valence-corrected chi connectivity index (χ1v) is 11.0. The highest BCUT2D eigenvalue weighted by Gasteiger charge is 2.37. The summed E-state index contributed by atoms with van der Waals surface area (Å²) < 4.78 is 25.3. The average molecular weight is 375 g/mol. The predicted molar refractivity (Wildman–Crippen MR) is 100 cm³/mol. The number of likely N-dealkylation sites (N-methyl/N-ethyl adjacent to an activating group) is 1. The summed E-state index contributed by atoms with van der Waals surface area (Å²) in [5.74, 6) is 0.791. The second-order valence-corrected chi connectivity index (χ2v) is 10.0. The normalized spacial score (nSPS) is 29.0. The molecule has 0 bridgehead atoms. The minimum atomic E-state index is -3.16. The maximum absolute atomic E-state index is 12.5. The summed E-state index contributed by atoms with van der Waals surface area (Å²) in [5.41, 5.74) is 0.0285. The van der Waals surface area contributed by atoms with Crippen LogP contribution in [0.5, 0.6) is 0 Å². The van der Waals surface area contributed by atoms with Gasteiger partial charge in [-0.2, -0.15) is 4.31 Å². The molecule has 25 heavy (non-hydrogen) atoms. The molecule has 146 valence electrons. The van der Waals surface area contributed by atoms with Gasteiger partial charge in [0.1, 0.15) is 0 Å². The molecule has 8 heteroatoms. The van der Waals surface area contributed by atoms with Gasteiger partial charge in [-0.15, -0.1) is 0 Å². The Morgan fingerprint density at radius 2 is 1.88 bits per heavy atom. The van der Waals surface area contributed by atoms with E-state index in [1.165, 1.54) is 17.1 Å². The Hall–Kier alpha value is -0.860. The zero-order valence-corrected chi connectivity index (χ0v) is 16.9. The van der Waals surface area contributed by atoms with Crippen LogP contribution >= 0.6 is 0 Å². The molecular formula is C17H34N4O3S. The summed E-state index contributed by atoms with van der Waals surface area (Å²) in [7, 11) is 1.03. The van der Waals surface area contributed by atoms with Gasteiger partial charge in [0.2, 0.25) is 10.0 Å². The molecule has 0 aromatic heterocycles. The molecule has 1 aliphatic carbocycles. The molecule has 1 saturated carbocycles. The van der Waals surface area contributed by atoms with Crippen molar-refractivity contribution in [3.8, 4) is 0 Å². The fourth-order valence-electron chi connectivity index (χ4n) is 4.06. The zero-order valence-electron chi connectivity index (χ0n) is 16.1. The molecular weight excluding hydrogens is 340 g/mol. The number of sulfonamides is 1. The molecule has 1 aliphatic heterocycles. The average Bonchev–Trinajstić information content (AvgIpc) is 2.59. The Bertz CT molecular complexity index is 558. The maximum atomic E-state index is 12.5. The number of piperazine rings is 1. The van der Waals surface area contributed by atoms with Gasteiger partial charge in [0.05, 0.1) is 5.75 Å². The van der Waals surface area contributed by atoms with Crippen molar-refractivity contribution in [2.75, 3.05) is 52.6 Å². The number of amides is 2. The van der Waals surface area contributed by atoms with Crippen LogP contribution in [0.3, 0.4) is 0 Å². The molecule has 2 rings (SSSR count). The topological polar surface area (TPSA) is 73.0 Å². The smallest absolute Gasteiger partial charge is 0.317 e. The number of rotatable bonds is 5. The summed E-state index contributed by atoms with van der Waals surface area (Å²) in [5, 5.41) is 3.11. The predicted octanol–water partition coefficient (Wildman–Crippen LogP) is 1.17. The minimum Gasteiger partial charge on any atom is -0.336 e. The van der Waals surface area contributed by atoms with Crippen molar-refractivity contribution in [2.45, 2.75) is 45.1 Å². The van der Waals surface area contributed by atoms with E-state index in [4.69, 9.17) is 0 Å². The fraction of sp³-hybridized carbons (Fsp3) is 0.941. The number of urea groups is 1. The van der Waals surface area contributed by atoms with E-state index >= 15 is 0 Å². The SMILES string of the molecule is CCS(=O)(=O)N1CCN(C(=O)NCC2(N(C)C)CCCC(C)C2)CC1. The molecule has 2 aliphatic rings. The van der Waals surface area contributed by atoms with Gasteiger partial charge in [0, 0.05) is 38.3 Å². The molecule has 2 atom stereocenters. The van der Waals surface area contributed by atoms with Gasteiger partial charge < -0.3 is 15.1 Å². The van der Waals surface area contributed by atoms with Crippen LogP contribution in [0.15, 0.2) is 0 Å². The quantitative estimate of drug-likeness (QED) is 0.784. The van der Waals surface area contributed by atoms with Crippen LogP contribution in [-0.2, 0) is 10.0 Å². The molecule has 1 heterocycles. The number of hydrogen-bond acceptors (Lipinski definition) is 4. The third-order valence-corrected chi connectivity index (χ3v) is 7.75. The largest absolute Gasteiger partial charge is 0.336 e. The monoisotopic (exact) mass is 374 g/mol. The van der Waals surface area contributed by atoms with Crippen LogP contribution in [0.4, 0.5) is 4.79 Å². The lowest BCUT2D eigenvalue weighted by Crippen LogP contribution is -2.58. The highest BCUT2D eigenvalue weighted by Crippen LogP contribution is 2.35. The summed E-state index contributed by atoms with van der Waals surface area (Å²) in [6.07, 6.45) is 4.66. The molecule has 0 aromatic carbocycles. The van der Waals surface area contributed by atoms with Crippen LogP contribution in [0.2, 0.25) is 0 Å². The second-order valence-electron chi connectivity index (χ2n) is 7.77. The van der Waals surface area contributed by atoms with E-state index in [9.17, 15) is 13.2 Å². The number of nitrogens with one attached hydrogen (secondary N) is 1. The van der Waals surface area contributed by atoms with Crippen LogP contribution in [0.1, 0.15) is 39.5 Å². The van der Waals surface area contributed by atoms with Gasteiger partial charge in [-0.05, 0) is 39.8 Å². The Morgan fingerprint density at radius 1 is 1.24 bits per heavy atom. The summed E-state index contributed by atoms with van der Waals surface area (Å²) in [6, 6.07) is -0.0759. The standard InChI is InChI=1S/C17H34N4O3S/c1-5-25(23,24)21-11-9-20(10-12-21)16(22)18-14-17(19(3)4)8-6-7-15(2)13-17/h15H,5-14H2,1-4H3,(H,18,22). The van der Waals surface area contributed by atoms with Crippen molar-refractivity contribution >= 4 is 16.1 Å². The molecule has 1 saturated heterocycles. The van der Waals surface area contributed by atoms with E-state index in [1.54, 1.807) is 11.8 Å². The van der Waals surface area contributed by atoms with Crippen molar-refractivity contribution in [1.29, 1.82) is 0 Å². The van der Waals surface area contributed by atoms with Crippen LogP contribution in [0.25, 0.3) is 0 Å². The van der Waals surface area contributed by atoms with E-state index in [-0.39, 0.29) is 17.3 Å². The molecule has 2 amide bonds. The molecule has 7 nitrogen and oxygen atoms in total. The van der Waals surface area contributed by atoms with Gasteiger partial charge >= 0.3 is 6.03 Å². The molecule has 2 fully saturated rings. The van der Waals surface area contributed by atoms with Gasteiger partial charge in [-0.3, -0.25) is 0 Å². The Morgan fingerprint density at radius 3 is 2.40 bits per heavy atom. The zero-order chi connectivity index (χ0) is 18.7. The van der Waals surface area contributed by atoms with E-state index in [2.05, 4.69) is 31.2 Å². The van der Waals surface area contributed by atoms with E-state index < -0.39 is 10.0 Å². The first-order valence-electron chi connectivity index (χ1n) is 9.38. The van der Waals surface area contributed by atoms with E-state index in [1.807, 2.05) is 0 Å². The third-order valence-electron chi connectivity index (χ3n) is 5.87. The van der Waals surface area contributed by atoms with E-state index in [0.717, 1.165) is 12.8 Å². The molecule has 0 radical (unpaired) electrons. The van der Waals surface area contributed by atoms with Crippen molar-refractivity contribution in [2.24, 2.45) is 5.92 Å². The first-order chi connectivity index (χ1) is 11.7. The lowest BCUT2D eigenvalue weighted by Gasteiger charge is -2.45. The first kappa shape index (κ1) is 20.5. The van der Waals surface area contributed by atoms with Gasteiger partial charge in [0.15, 0.2) is 0 Å². The third kappa shape index (κ3) is 4.86. The molecule has 0 aromatic rings. The van der Waals surface area contributed by atoms with E-state index in [0.29, 0.717) is 38.6 Å². The molecule has 0 spiro atoms. The number of hydrogen-bond donors (Lipinski definition) is 1. The second kappa shape index (κ2) is 8.22. The Labute approximate surface area is 152 Å². The van der Waals surface area contributed by atoms with Crippen LogP contribution in [-0.4, -0.2) is 86.7 Å². The summed E-state index contributed by atoms with van der Waals surface area (Å²) in [6.45, 7) is 6.27. The number of nitrogens with zero attached hydrogens (tertiary/aromatic N) is 3. The maximum Gasteiger partial charge on any atom is 0.317 e. The molecule has 2 unspecified atom stereocenters. The number of carbonyl (C=O) groups excluding carboxylic acids is 1. The Balaban J connectivity index is 1.88. The minimum absolute atomic E-state index is 0.0285. The summed E-state index contributed by atoms with van der Waals surface area (Å²) >= 11 is 0. The van der Waals surface area contributed by atoms with Gasteiger partial charge in [0.25, 0.3) is 0 Å². The van der Waals surface area contributed by atoms with Crippen molar-refractivity contribution < 1.29 is 13.2 Å². The van der Waals surface area contributed by atoms with Gasteiger partial charge in [-0.1, -0.05) is 19.8 Å². The van der Waals surface area contributed by atoms with Crippen molar-refractivity contribution in [3.05, 3.63) is 0 Å². The lowest BCUT2D eigenvalue weighted by atomic mass is 9.75. The Kier molecular flexibility index (Phi) is 6.73. The van der Waals surface area contributed by atoms with Crippen molar-refractivity contribution in [1.82, 2.24) is 19.4 Å². The van der Waals surface area contributed by atoms with Crippen LogP contribution < -0.4 is 5.32 Å². The van der Waals surface area contributed by atoms with Gasteiger partial charge in [-0.25, -0.2) is 13.2 Å². The fourth-order valence-corrected chi connectivity index (χ4v) is 5.15. The van der Waals surface area contributed by atoms with Crippen LogP contribution in [0, 0.1) is 5.92 Å². The number of carbonyl (C=O) groups is 1. The molecule has 1 N–H and O–H groups in total. The lowest BCUT2D eigenvalue weighted by molar-refractivity contribution is 0.0745. The van der Waals surface area contributed by atoms with Crippen molar-refractivity contribution in [3.63, 3.8) is 0 Å². The summed E-state index contributed by atoms with van der Waals surface area (Å²) in [4.78, 5) is 16.5. The highest BCUT2D eigenvalue weighted by atomic mass is 32.2.